The molecule has 7 nitrogen and oxygen atoms in total. The predicted octanol–water partition coefficient (Wildman–Crippen LogP) is 5.14. The van der Waals surface area contributed by atoms with Gasteiger partial charge in [-0.25, -0.2) is 9.18 Å². The van der Waals surface area contributed by atoms with Gasteiger partial charge in [0.25, 0.3) is 0 Å². The molecule has 0 spiro atoms. The molecule has 1 aliphatic heterocycles. The van der Waals surface area contributed by atoms with Gasteiger partial charge in [0, 0.05) is 24.4 Å². The SMILES string of the molecule is COC(=O)CCC(=O)N(C1CC1)C1c2ccc(F)cc2N(C(=O)OCc2ccccc2)C2CCCC21. The summed E-state index contributed by atoms with van der Waals surface area (Å²) in [6, 6.07) is 13.5. The average Bonchev–Trinajstić information content (AvgIpc) is 3.61. The minimum atomic E-state index is -0.504. The molecule has 36 heavy (non-hydrogen) atoms. The fraction of sp³-hybridized carbons (Fsp3) is 0.464. The molecule has 2 amide bonds. The van der Waals surface area contributed by atoms with Crippen LogP contribution in [0.25, 0.3) is 0 Å². The van der Waals surface area contributed by atoms with Gasteiger partial charge in [-0.15, -0.1) is 0 Å². The number of ether oxygens (including phenoxy) is 2. The Morgan fingerprint density at radius 3 is 2.53 bits per heavy atom. The first kappa shape index (κ1) is 24.3. The molecule has 2 saturated carbocycles. The summed E-state index contributed by atoms with van der Waals surface area (Å²) in [4.78, 5) is 42.1. The monoisotopic (exact) mass is 494 g/mol. The Kier molecular flexibility index (Phi) is 6.94. The van der Waals surface area contributed by atoms with Gasteiger partial charge in [0.2, 0.25) is 5.91 Å². The Morgan fingerprint density at radius 2 is 1.81 bits per heavy atom. The van der Waals surface area contributed by atoms with E-state index in [1.54, 1.807) is 11.0 Å². The minimum absolute atomic E-state index is 0.00918. The van der Waals surface area contributed by atoms with Crippen LogP contribution in [0.1, 0.15) is 62.1 Å². The van der Waals surface area contributed by atoms with E-state index in [2.05, 4.69) is 0 Å². The molecule has 2 aromatic carbocycles. The van der Waals surface area contributed by atoms with Crippen LogP contribution < -0.4 is 4.90 Å². The largest absolute Gasteiger partial charge is 0.469 e. The van der Waals surface area contributed by atoms with Crippen LogP contribution in [-0.2, 0) is 25.7 Å². The number of carbonyl (C=O) groups is 3. The zero-order valence-electron chi connectivity index (χ0n) is 20.4. The highest BCUT2D eigenvalue weighted by Crippen LogP contribution is 2.53. The van der Waals surface area contributed by atoms with Crippen molar-refractivity contribution in [2.45, 2.75) is 69.7 Å². The highest BCUT2D eigenvalue weighted by Gasteiger charge is 2.51. The van der Waals surface area contributed by atoms with E-state index in [-0.39, 0.29) is 49.4 Å². The summed E-state index contributed by atoms with van der Waals surface area (Å²) in [6.07, 6.45) is 3.89. The van der Waals surface area contributed by atoms with Crippen LogP contribution in [0.5, 0.6) is 0 Å². The van der Waals surface area contributed by atoms with Crippen molar-refractivity contribution < 1.29 is 28.2 Å². The van der Waals surface area contributed by atoms with Crippen molar-refractivity contribution in [2.75, 3.05) is 12.0 Å². The number of nitrogens with zero attached hydrogens (tertiary/aromatic N) is 2. The van der Waals surface area contributed by atoms with Gasteiger partial charge in [-0.2, -0.15) is 0 Å². The normalized spacial score (nSPS) is 22.4. The van der Waals surface area contributed by atoms with Gasteiger partial charge in [0.15, 0.2) is 0 Å². The molecule has 0 radical (unpaired) electrons. The number of amides is 2. The molecule has 0 bridgehead atoms. The zero-order chi connectivity index (χ0) is 25.2. The highest BCUT2D eigenvalue weighted by atomic mass is 19.1. The van der Waals surface area contributed by atoms with Crippen molar-refractivity contribution in [3.8, 4) is 0 Å². The van der Waals surface area contributed by atoms with E-state index in [0.29, 0.717) is 5.69 Å². The maximum Gasteiger partial charge on any atom is 0.414 e. The number of rotatable bonds is 7. The van der Waals surface area contributed by atoms with Crippen LogP contribution >= 0.6 is 0 Å². The van der Waals surface area contributed by atoms with Crippen molar-refractivity contribution >= 4 is 23.7 Å². The van der Waals surface area contributed by atoms with Gasteiger partial charge in [-0.05, 0) is 48.9 Å². The predicted molar refractivity (Wildman–Crippen MR) is 130 cm³/mol. The molecule has 3 atom stereocenters. The van der Waals surface area contributed by atoms with E-state index in [1.807, 2.05) is 35.2 Å². The van der Waals surface area contributed by atoms with E-state index >= 15 is 0 Å². The Balaban J connectivity index is 1.47. The molecular formula is C28H31FN2O5. The summed E-state index contributed by atoms with van der Waals surface area (Å²) >= 11 is 0. The average molecular weight is 495 g/mol. The van der Waals surface area contributed by atoms with Crippen LogP contribution in [0.2, 0.25) is 0 Å². The molecule has 0 N–H and O–H groups in total. The lowest BCUT2D eigenvalue weighted by molar-refractivity contribution is -0.145. The van der Waals surface area contributed by atoms with Crippen LogP contribution in [0.15, 0.2) is 48.5 Å². The van der Waals surface area contributed by atoms with Gasteiger partial charge < -0.3 is 14.4 Å². The summed E-state index contributed by atoms with van der Waals surface area (Å²) in [5.41, 5.74) is 2.10. The van der Waals surface area contributed by atoms with Crippen molar-refractivity contribution in [1.29, 1.82) is 0 Å². The molecular weight excluding hydrogens is 463 g/mol. The molecule has 0 aromatic heterocycles. The lowest BCUT2D eigenvalue weighted by Crippen LogP contribution is -2.53. The fourth-order valence-electron chi connectivity index (χ4n) is 5.80. The van der Waals surface area contributed by atoms with Gasteiger partial charge in [-0.1, -0.05) is 42.8 Å². The number of halogens is 1. The number of fused-ring (bicyclic) bond motifs is 2. The molecule has 190 valence electrons. The van der Waals surface area contributed by atoms with Crippen molar-refractivity contribution in [1.82, 2.24) is 4.90 Å². The number of hydrogen-bond acceptors (Lipinski definition) is 5. The zero-order valence-corrected chi connectivity index (χ0v) is 20.4. The summed E-state index contributed by atoms with van der Waals surface area (Å²) in [7, 11) is 1.31. The second-order valence-electron chi connectivity index (χ2n) is 9.83. The topological polar surface area (TPSA) is 76.2 Å². The molecule has 8 heteroatoms. The lowest BCUT2D eigenvalue weighted by atomic mass is 9.81. The number of anilines is 1. The van der Waals surface area contributed by atoms with Gasteiger partial charge in [0.05, 0.1) is 25.3 Å². The molecule has 1 heterocycles. The second-order valence-corrected chi connectivity index (χ2v) is 9.83. The van der Waals surface area contributed by atoms with Crippen LogP contribution in [0, 0.1) is 11.7 Å². The number of hydrogen-bond donors (Lipinski definition) is 0. The Labute approximate surface area is 210 Å². The first-order valence-corrected chi connectivity index (χ1v) is 12.6. The molecule has 3 unspecified atom stereocenters. The summed E-state index contributed by atoms with van der Waals surface area (Å²) in [6.45, 7) is 0.127. The van der Waals surface area contributed by atoms with E-state index in [1.165, 1.54) is 19.2 Å². The number of esters is 1. The van der Waals surface area contributed by atoms with Gasteiger partial charge in [-0.3, -0.25) is 14.5 Å². The Hall–Kier alpha value is -3.42. The van der Waals surface area contributed by atoms with Crippen LogP contribution in [0.3, 0.4) is 0 Å². The van der Waals surface area contributed by atoms with E-state index in [4.69, 9.17) is 9.47 Å². The molecule has 0 saturated heterocycles. The molecule has 2 fully saturated rings. The number of carbonyl (C=O) groups excluding carboxylic acids is 3. The van der Waals surface area contributed by atoms with Crippen molar-refractivity contribution in [2.24, 2.45) is 5.92 Å². The standard InChI is InChI=1S/C28H31FN2O5/c1-35-26(33)15-14-25(32)30(20-11-12-20)27-21-8-5-9-23(21)31(24-16-19(29)10-13-22(24)27)28(34)36-17-18-6-3-2-4-7-18/h2-4,6-7,10,13,16,20-21,23,27H,5,8-9,11-12,14-15,17H2,1H3. The van der Waals surface area contributed by atoms with Gasteiger partial charge >= 0.3 is 12.1 Å². The minimum Gasteiger partial charge on any atom is -0.469 e. The second kappa shape index (κ2) is 10.3. The van der Waals surface area contributed by atoms with Crippen LogP contribution in [0.4, 0.5) is 14.9 Å². The third-order valence-electron chi connectivity index (χ3n) is 7.54. The number of benzene rings is 2. The maximum atomic E-state index is 14.5. The third-order valence-corrected chi connectivity index (χ3v) is 7.54. The van der Waals surface area contributed by atoms with E-state index in [0.717, 1.165) is 43.2 Å². The van der Waals surface area contributed by atoms with E-state index in [9.17, 15) is 18.8 Å². The number of methoxy groups -OCH3 is 1. The van der Waals surface area contributed by atoms with Crippen molar-refractivity contribution in [3.05, 3.63) is 65.5 Å². The summed E-state index contributed by atoms with van der Waals surface area (Å²) in [5.74, 6) is -0.958. The van der Waals surface area contributed by atoms with E-state index < -0.39 is 17.9 Å². The fourth-order valence-corrected chi connectivity index (χ4v) is 5.80. The molecule has 5 rings (SSSR count). The van der Waals surface area contributed by atoms with Crippen LogP contribution in [-0.4, -0.2) is 42.1 Å². The Bertz CT molecular complexity index is 1140. The molecule has 2 aliphatic carbocycles. The highest BCUT2D eigenvalue weighted by molar-refractivity contribution is 5.91. The molecule has 2 aromatic rings. The third kappa shape index (κ3) is 4.81. The molecule has 3 aliphatic rings. The summed E-state index contributed by atoms with van der Waals surface area (Å²) < 4.78 is 24.9. The quantitative estimate of drug-likeness (QED) is 0.499. The van der Waals surface area contributed by atoms with Gasteiger partial charge in [0.1, 0.15) is 12.4 Å². The summed E-state index contributed by atoms with van der Waals surface area (Å²) in [5, 5.41) is 0. The van der Waals surface area contributed by atoms with Crippen molar-refractivity contribution in [3.63, 3.8) is 0 Å². The lowest BCUT2D eigenvalue weighted by Gasteiger charge is -2.47. The first-order chi connectivity index (χ1) is 17.5. The first-order valence-electron chi connectivity index (χ1n) is 12.6. The maximum absolute atomic E-state index is 14.5. The smallest absolute Gasteiger partial charge is 0.414 e. The Morgan fingerprint density at radius 1 is 1.03 bits per heavy atom.